The Balaban J connectivity index is 2.62. The molecule has 23 heavy (non-hydrogen) atoms. The van der Waals surface area contributed by atoms with Crippen LogP contribution in [0.25, 0.3) is 10.4 Å². The summed E-state index contributed by atoms with van der Waals surface area (Å²) in [7, 11) is 0. The number of hydrogen-bond acceptors (Lipinski definition) is 7. The Kier molecular flexibility index (Phi) is 6.35. The lowest BCUT2D eigenvalue weighted by Gasteiger charge is -2.26. The van der Waals surface area contributed by atoms with E-state index in [4.69, 9.17) is 15.5 Å². The van der Waals surface area contributed by atoms with Crippen LogP contribution in [-0.4, -0.2) is 35.7 Å². The van der Waals surface area contributed by atoms with Gasteiger partial charge in [0.1, 0.15) is 6.10 Å². The smallest absolute Gasteiger partial charge is 0.428 e. The minimum Gasteiger partial charge on any atom is -0.428 e. The molecule has 0 spiro atoms. The number of nitrogens with zero attached hydrogens (tertiary/aromatic N) is 5. The van der Waals surface area contributed by atoms with Gasteiger partial charge < -0.3 is 4.74 Å². The van der Waals surface area contributed by atoms with Gasteiger partial charge in [-0.25, -0.2) is 4.79 Å². The second-order valence-corrected chi connectivity index (χ2v) is 5.78. The molecule has 124 valence electrons. The molecule has 0 bridgehead atoms. The third-order valence-corrected chi connectivity index (χ3v) is 3.10. The van der Waals surface area contributed by atoms with Crippen LogP contribution in [0.15, 0.2) is 5.11 Å². The lowest BCUT2D eigenvalue weighted by molar-refractivity contribution is -0.178. The van der Waals surface area contributed by atoms with Gasteiger partial charge in [0.2, 0.25) is 0 Å². The first-order chi connectivity index (χ1) is 10.8. The van der Waals surface area contributed by atoms with E-state index in [1.807, 2.05) is 6.07 Å². The first-order valence-corrected chi connectivity index (χ1v) is 6.91. The number of hydroxylamine groups is 2. The fraction of sp³-hybridized carbons (Fsp3) is 0.692. The summed E-state index contributed by atoms with van der Waals surface area (Å²) in [6.45, 7) is 3.73. The van der Waals surface area contributed by atoms with Crippen LogP contribution in [0, 0.1) is 16.7 Å². The number of ether oxygens (including phenoxy) is 1. The molecule has 0 N–H and O–H groups in total. The number of imide groups is 1. The molecular formula is C13H17N5O5. The van der Waals surface area contributed by atoms with E-state index in [0.29, 0.717) is 5.06 Å². The van der Waals surface area contributed by atoms with Crippen LogP contribution in [0.5, 0.6) is 0 Å². The first kappa shape index (κ1) is 18.3. The molecule has 0 aromatic heterocycles. The Labute approximate surface area is 132 Å². The van der Waals surface area contributed by atoms with Crippen molar-refractivity contribution >= 4 is 18.0 Å². The molecule has 0 aromatic carbocycles. The van der Waals surface area contributed by atoms with Gasteiger partial charge in [0, 0.05) is 24.3 Å². The second kappa shape index (κ2) is 8.00. The average Bonchev–Trinajstić information content (AvgIpc) is 2.77. The molecule has 0 aromatic rings. The average molecular weight is 323 g/mol. The summed E-state index contributed by atoms with van der Waals surface area (Å²) in [5.41, 5.74) is 7.85. The van der Waals surface area contributed by atoms with Gasteiger partial charge in [-0.15, -0.1) is 0 Å². The highest BCUT2D eigenvalue weighted by Gasteiger charge is 2.34. The second-order valence-electron chi connectivity index (χ2n) is 5.78. The summed E-state index contributed by atoms with van der Waals surface area (Å²) in [6, 6.07) is 1.88. The molecule has 1 saturated heterocycles. The number of nitriles is 1. The lowest BCUT2D eigenvalue weighted by Crippen LogP contribution is -2.34. The molecule has 1 aliphatic rings. The molecule has 10 heteroatoms. The van der Waals surface area contributed by atoms with Crippen LogP contribution in [0.2, 0.25) is 0 Å². The minimum absolute atomic E-state index is 0.0209. The number of azide groups is 1. The fourth-order valence-corrected chi connectivity index (χ4v) is 2.05. The molecule has 2 amide bonds. The van der Waals surface area contributed by atoms with E-state index < -0.39 is 29.5 Å². The van der Waals surface area contributed by atoms with Crippen LogP contribution in [0.4, 0.5) is 4.79 Å². The Morgan fingerprint density at radius 3 is 2.61 bits per heavy atom. The maximum absolute atomic E-state index is 11.7. The quantitative estimate of drug-likeness (QED) is 0.231. The number of hydrogen-bond donors (Lipinski definition) is 0. The molecule has 1 unspecified atom stereocenters. The maximum Gasteiger partial charge on any atom is 0.534 e. The van der Waals surface area contributed by atoms with Crippen LogP contribution in [-0.2, 0) is 19.2 Å². The van der Waals surface area contributed by atoms with Gasteiger partial charge in [-0.3, -0.25) is 14.4 Å². The molecule has 1 aliphatic heterocycles. The summed E-state index contributed by atoms with van der Waals surface area (Å²) in [5, 5.41) is 12.6. The lowest BCUT2D eigenvalue weighted by atomic mass is 9.86. The van der Waals surface area contributed by atoms with Crippen LogP contribution >= 0.6 is 0 Å². The fourth-order valence-electron chi connectivity index (χ4n) is 2.05. The molecule has 10 nitrogen and oxygen atoms in total. The predicted octanol–water partition coefficient (Wildman–Crippen LogP) is 2.21. The Bertz CT molecular complexity index is 560. The number of carbonyl (C=O) groups excluding carboxylic acids is 3. The minimum atomic E-state index is -1.23. The van der Waals surface area contributed by atoms with Crippen molar-refractivity contribution in [2.45, 2.75) is 45.6 Å². The monoisotopic (exact) mass is 323 g/mol. The van der Waals surface area contributed by atoms with Crippen molar-refractivity contribution in [2.24, 2.45) is 10.5 Å². The normalized spacial score (nSPS) is 15.6. The molecule has 1 rings (SSSR count). The highest BCUT2D eigenvalue weighted by Crippen LogP contribution is 2.26. The summed E-state index contributed by atoms with van der Waals surface area (Å²) in [4.78, 5) is 41.7. The summed E-state index contributed by atoms with van der Waals surface area (Å²) in [5.74, 6) is -1.24. The first-order valence-electron chi connectivity index (χ1n) is 6.91. The van der Waals surface area contributed by atoms with E-state index in [-0.39, 0.29) is 32.2 Å². The van der Waals surface area contributed by atoms with Crippen molar-refractivity contribution in [3.05, 3.63) is 10.4 Å². The zero-order chi connectivity index (χ0) is 17.5. The third kappa shape index (κ3) is 5.84. The molecule has 1 fully saturated rings. The molecule has 1 heterocycles. The van der Waals surface area contributed by atoms with Gasteiger partial charge in [0.25, 0.3) is 11.8 Å². The van der Waals surface area contributed by atoms with Crippen molar-refractivity contribution in [1.82, 2.24) is 5.06 Å². The number of carbonyl (C=O) groups is 3. The zero-order valence-corrected chi connectivity index (χ0v) is 12.9. The van der Waals surface area contributed by atoms with Crippen LogP contribution < -0.4 is 0 Å². The SMILES string of the molecule is CC(C)(CN=[N+]=[N-])CC(CC#N)OC(=O)ON1C(=O)CCC1=O. The highest BCUT2D eigenvalue weighted by atomic mass is 16.8. The van der Waals surface area contributed by atoms with Gasteiger partial charge in [0.05, 0.1) is 12.5 Å². The van der Waals surface area contributed by atoms with Gasteiger partial charge in [-0.1, -0.05) is 24.0 Å². The van der Waals surface area contributed by atoms with Gasteiger partial charge in [0.15, 0.2) is 0 Å². The number of rotatable bonds is 7. The Hall–Kier alpha value is -2.79. The van der Waals surface area contributed by atoms with E-state index in [2.05, 4.69) is 14.9 Å². The van der Waals surface area contributed by atoms with E-state index in [1.54, 1.807) is 13.8 Å². The topological polar surface area (TPSA) is 145 Å². The van der Waals surface area contributed by atoms with Crippen LogP contribution in [0.3, 0.4) is 0 Å². The molecule has 0 aliphatic carbocycles. The molecule has 1 atom stereocenters. The maximum atomic E-state index is 11.7. The highest BCUT2D eigenvalue weighted by molar-refractivity contribution is 6.01. The molecular weight excluding hydrogens is 306 g/mol. The van der Waals surface area contributed by atoms with Crippen LogP contribution in [0.1, 0.15) is 39.5 Å². The van der Waals surface area contributed by atoms with Crippen molar-refractivity contribution in [1.29, 1.82) is 5.26 Å². The van der Waals surface area contributed by atoms with Gasteiger partial charge >= 0.3 is 6.16 Å². The van der Waals surface area contributed by atoms with Crippen molar-refractivity contribution in [3.8, 4) is 6.07 Å². The van der Waals surface area contributed by atoms with Crippen molar-refractivity contribution in [3.63, 3.8) is 0 Å². The van der Waals surface area contributed by atoms with E-state index in [0.717, 1.165) is 0 Å². The Morgan fingerprint density at radius 1 is 1.48 bits per heavy atom. The predicted molar refractivity (Wildman–Crippen MR) is 75.1 cm³/mol. The largest absolute Gasteiger partial charge is 0.534 e. The van der Waals surface area contributed by atoms with Crippen molar-refractivity contribution in [2.75, 3.05) is 6.54 Å². The standard InChI is InChI=1S/C13H17N5O5/c1-13(2,8-16-17-15)7-9(5-6-14)22-12(21)23-18-10(19)3-4-11(18)20/h9H,3-5,7-8H2,1-2H3. The molecule has 0 radical (unpaired) electrons. The third-order valence-electron chi connectivity index (χ3n) is 3.10. The number of amides is 2. The van der Waals surface area contributed by atoms with Gasteiger partial charge in [-0.05, 0) is 17.4 Å². The Morgan fingerprint density at radius 2 is 2.09 bits per heavy atom. The van der Waals surface area contributed by atoms with Gasteiger partial charge in [-0.2, -0.15) is 5.26 Å². The molecule has 0 saturated carbocycles. The van der Waals surface area contributed by atoms with E-state index in [9.17, 15) is 14.4 Å². The zero-order valence-electron chi connectivity index (χ0n) is 12.9. The van der Waals surface area contributed by atoms with E-state index >= 15 is 0 Å². The summed E-state index contributed by atoms with van der Waals surface area (Å²) >= 11 is 0. The summed E-state index contributed by atoms with van der Waals surface area (Å²) < 4.78 is 5.00. The van der Waals surface area contributed by atoms with E-state index in [1.165, 1.54) is 0 Å². The summed E-state index contributed by atoms with van der Waals surface area (Å²) in [6.07, 6.45) is -1.94. The van der Waals surface area contributed by atoms with Crippen molar-refractivity contribution < 1.29 is 24.0 Å².